The van der Waals surface area contributed by atoms with Gasteiger partial charge in [0.25, 0.3) is 0 Å². The van der Waals surface area contributed by atoms with E-state index in [0.717, 1.165) is 31.2 Å². The molecule has 1 aromatic carbocycles. The molecule has 2 atom stereocenters. The SMILES string of the molecule is CC(=O)O[C@@H]1CCCC[C@H]1NC(=O)OCc1ccccc1. The van der Waals surface area contributed by atoms with E-state index >= 15 is 0 Å². The summed E-state index contributed by atoms with van der Waals surface area (Å²) in [5.41, 5.74) is 0.938. The second-order valence-corrected chi connectivity index (χ2v) is 5.24. The number of ether oxygens (including phenoxy) is 2. The normalized spacial score (nSPS) is 21.4. The van der Waals surface area contributed by atoms with Crippen molar-refractivity contribution >= 4 is 12.1 Å². The minimum atomic E-state index is -0.470. The maximum atomic E-state index is 11.8. The molecule has 114 valence electrons. The molecule has 0 aliphatic heterocycles. The van der Waals surface area contributed by atoms with Crippen LogP contribution in [0.2, 0.25) is 0 Å². The fourth-order valence-corrected chi connectivity index (χ4v) is 2.53. The van der Waals surface area contributed by atoms with Gasteiger partial charge in [-0.2, -0.15) is 0 Å². The molecule has 1 saturated carbocycles. The molecule has 1 N–H and O–H groups in total. The van der Waals surface area contributed by atoms with E-state index in [-0.39, 0.29) is 24.7 Å². The summed E-state index contributed by atoms with van der Waals surface area (Å²) in [6, 6.07) is 9.34. The smallest absolute Gasteiger partial charge is 0.407 e. The summed E-state index contributed by atoms with van der Waals surface area (Å²) in [7, 11) is 0. The highest BCUT2D eigenvalue weighted by Crippen LogP contribution is 2.21. The summed E-state index contributed by atoms with van der Waals surface area (Å²) in [6.07, 6.45) is 2.89. The Labute approximate surface area is 124 Å². The monoisotopic (exact) mass is 291 g/mol. The molecule has 0 spiro atoms. The van der Waals surface area contributed by atoms with E-state index in [1.807, 2.05) is 30.3 Å². The predicted molar refractivity (Wildman–Crippen MR) is 77.6 cm³/mol. The van der Waals surface area contributed by atoms with Crippen LogP contribution in [0.1, 0.15) is 38.2 Å². The lowest BCUT2D eigenvalue weighted by Crippen LogP contribution is -2.47. The van der Waals surface area contributed by atoms with E-state index in [0.29, 0.717) is 0 Å². The van der Waals surface area contributed by atoms with Crippen molar-refractivity contribution in [1.82, 2.24) is 5.32 Å². The molecular weight excluding hydrogens is 270 g/mol. The molecule has 5 heteroatoms. The molecule has 0 radical (unpaired) electrons. The minimum Gasteiger partial charge on any atom is -0.460 e. The van der Waals surface area contributed by atoms with Gasteiger partial charge >= 0.3 is 12.1 Å². The van der Waals surface area contributed by atoms with Gasteiger partial charge in [-0.1, -0.05) is 36.8 Å². The Bertz CT molecular complexity index is 474. The van der Waals surface area contributed by atoms with Crippen molar-refractivity contribution in [2.45, 2.75) is 51.4 Å². The van der Waals surface area contributed by atoms with E-state index in [2.05, 4.69) is 5.32 Å². The summed E-state index contributed by atoms with van der Waals surface area (Å²) in [5.74, 6) is -0.314. The lowest BCUT2D eigenvalue weighted by molar-refractivity contribution is -0.149. The van der Waals surface area contributed by atoms with Crippen LogP contribution in [0.3, 0.4) is 0 Å². The zero-order valence-corrected chi connectivity index (χ0v) is 12.2. The maximum absolute atomic E-state index is 11.8. The molecule has 1 fully saturated rings. The van der Waals surface area contributed by atoms with Crippen molar-refractivity contribution in [1.29, 1.82) is 0 Å². The Balaban J connectivity index is 1.81. The molecule has 1 aliphatic rings. The molecule has 1 aromatic rings. The Morgan fingerprint density at radius 1 is 1.19 bits per heavy atom. The third-order valence-corrected chi connectivity index (χ3v) is 3.54. The Morgan fingerprint density at radius 3 is 2.62 bits per heavy atom. The minimum absolute atomic E-state index is 0.161. The summed E-state index contributed by atoms with van der Waals surface area (Å²) in [5, 5.41) is 2.81. The van der Waals surface area contributed by atoms with E-state index in [1.54, 1.807) is 0 Å². The van der Waals surface area contributed by atoms with Crippen LogP contribution < -0.4 is 5.32 Å². The molecule has 0 aromatic heterocycles. The van der Waals surface area contributed by atoms with Crippen molar-refractivity contribution in [2.75, 3.05) is 0 Å². The van der Waals surface area contributed by atoms with Crippen LogP contribution in [0.4, 0.5) is 4.79 Å². The van der Waals surface area contributed by atoms with E-state index in [9.17, 15) is 9.59 Å². The number of amides is 1. The first-order valence-electron chi connectivity index (χ1n) is 7.29. The quantitative estimate of drug-likeness (QED) is 0.866. The van der Waals surface area contributed by atoms with Crippen molar-refractivity contribution < 1.29 is 19.1 Å². The molecule has 1 amide bonds. The Hall–Kier alpha value is -2.04. The first-order valence-corrected chi connectivity index (χ1v) is 7.29. The number of nitrogens with one attached hydrogen (secondary N) is 1. The highest BCUT2D eigenvalue weighted by Gasteiger charge is 2.29. The average molecular weight is 291 g/mol. The van der Waals surface area contributed by atoms with Gasteiger partial charge in [-0.3, -0.25) is 4.79 Å². The summed E-state index contributed by atoms with van der Waals surface area (Å²) in [4.78, 5) is 22.9. The van der Waals surface area contributed by atoms with Crippen molar-refractivity contribution in [3.63, 3.8) is 0 Å². The number of carbonyl (C=O) groups excluding carboxylic acids is 2. The zero-order valence-electron chi connectivity index (χ0n) is 12.2. The van der Waals surface area contributed by atoms with Gasteiger partial charge in [0.15, 0.2) is 0 Å². The first-order chi connectivity index (χ1) is 10.1. The second kappa shape index (κ2) is 7.67. The van der Waals surface area contributed by atoms with Crippen LogP contribution in [0.15, 0.2) is 30.3 Å². The van der Waals surface area contributed by atoms with Crippen LogP contribution in [-0.4, -0.2) is 24.2 Å². The van der Waals surface area contributed by atoms with Crippen molar-refractivity contribution in [3.05, 3.63) is 35.9 Å². The molecule has 21 heavy (non-hydrogen) atoms. The standard InChI is InChI=1S/C16H21NO4/c1-12(18)21-15-10-6-5-9-14(15)17-16(19)20-11-13-7-3-2-4-8-13/h2-4,7-8,14-15H,5-6,9-11H2,1H3,(H,17,19)/t14-,15-/m1/s1. The molecular formula is C16H21NO4. The number of benzene rings is 1. The van der Waals surface area contributed by atoms with Crippen LogP contribution in [-0.2, 0) is 20.9 Å². The molecule has 1 aliphatic carbocycles. The highest BCUT2D eigenvalue weighted by atomic mass is 16.6. The molecule has 0 unspecified atom stereocenters. The van der Waals surface area contributed by atoms with Gasteiger partial charge in [-0.15, -0.1) is 0 Å². The van der Waals surface area contributed by atoms with E-state index < -0.39 is 6.09 Å². The van der Waals surface area contributed by atoms with E-state index in [1.165, 1.54) is 6.92 Å². The molecule has 0 bridgehead atoms. The van der Waals surface area contributed by atoms with Crippen molar-refractivity contribution in [2.24, 2.45) is 0 Å². The number of esters is 1. The maximum Gasteiger partial charge on any atom is 0.407 e. The third-order valence-electron chi connectivity index (χ3n) is 3.54. The van der Waals surface area contributed by atoms with Crippen LogP contribution >= 0.6 is 0 Å². The average Bonchev–Trinajstić information content (AvgIpc) is 2.48. The van der Waals surface area contributed by atoms with Crippen LogP contribution in [0.5, 0.6) is 0 Å². The molecule has 5 nitrogen and oxygen atoms in total. The van der Waals surface area contributed by atoms with Gasteiger partial charge in [0.05, 0.1) is 6.04 Å². The Morgan fingerprint density at radius 2 is 1.90 bits per heavy atom. The topological polar surface area (TPSA) is 64.6 Å². The first kappa shape index (κ1) is 15.4. The number of rotatable bonds is 4. The lowest BCUT2D eigenvalue weighted by atomic mass is 9.92. The number of hydrogen-bond acceptors (Lipinski definition) is 4. The number of hydrogen-bond donors (Lipinski definition) is 1. The highest BCUT2D eigenvalue weighted by molar-refractivity contribution is 5.68. The summed E-state index contributed by atoms with van der Waals surface area (Å²) >= 11 is 0. The molecule has 0 saturated heterocycles. The van der Waals surface area contributed by atoms with E-state index in [4.69, 9.17) is 9.47 Å². The molecule has 2 rings (SSSR count). The zero-order chi connectivity index (χ0) is 15.1. The summed E-state index contributed by atoms with van der Waals surface area (Å²) in [6.45, 7) is 1.62. The van der Waals surface area contributed by atoms with Gasteiger partial charge in [-0.25, -0.2) is 4.79 Å². The fraction of sp³-hybridized carbons (Fsp3) is 0.500. The number of alkyl carbamates (subject to hydrolysis) is 1. The fourth-order valence-electron chi connectivity index (χ4n) is 2.53. The largest absolute Gasteiger partial charge is 0.460 e. The number of carbonyl (C=O) groups is 2. The second-order valence-electron chi connectivity index (χ2n) is 5.24. The van der Waals surface area contributed by atoms with Crippen LogP contribution in [0.25, 0.3) is 0 Å². The van der Waals surface area contributed by atoms with Gasteiger partial charge in [0.1, 0.15) is 12.7 Å². The third kappa shape index (κ3) is 5.10. The van der Waals surface area contributed by atoms with Crippen LogP contribution in [0, 0.1) is 0 Å². The molecule has 0 heterocycles. The van der Waals surface area contributed by atoms with Gasteiger partial charge in [0, 0.05) is 6.92 Å². The Kier molecular flexibility index (Phi) is 5.60. The van der Waals surface area contributed by atoms with Gasteiger partial charge in [-0.05, 0) is 24.8 Å². The summed E-state index contributed by atoms with van der Waals surface area (Å²) < 4.78 is 10.5. The lowest BCUT2D eigenvalue weighted by Gasteiger charge is -2.31. The van der Waals surface area contributed by atoms with Gasteiger partial charge in [0.2, 0.25) is 0 Å². The van der Waals surface area contributed by atoms with Gasteiger partial charge < -0.3 is 14.8 Å². The predicted octanol–water partition coefficient (Wildman–Crippen LogP) is 2.79. The van der Waals surface area contributed by atoms with Crippen molar-refractivity contribution in [3.8, 4) is 0 Å².